The van der Waals surface area contributed by atoms with Crippen LogP contribution in [-0.4, -0.2) is 37.2 Å². The molecule has 6 heteroatoms. The second-order valence-corrected chi connectivity index (χ2v) is 19.2. The van der Waals surface area contributed by atoms with Crippen LogP contribution < -0.4 is 0 Å². The van der Waals surface area contributed by atoms with Crippen molar-refractivity contribution in [2.75, 3.05) is 13.2 Å². The van der Waals surface area contributed by atoms with E-state index < -0.39 is 6.10 Å². The molecule has 0 spiro atoms. The van der Waals surface area contributed by atoms with E-state index in [1.54, 1.807) is 0 Å². The maximum atomic E-state index is 12.8. The molecule has 6 nitrogen and oxygen atoms in total. The van der Waals surface area contributed by atoms with E-state index in [9.17, 15) is 14.4 Å². The number of unbranched alkanes of at least 4 members (excludes halogenated alkanes) is 35. The van der Waals surface area contributed by atoms with Crippen LogP contribution in [0.4, 0.5) is 0 Å². The molecule has 0 saturated heterocycles. The molecule has 0 saturated carbocycles. The molecule has 65 heavy (non-hydrogen) atoms. The van der Waals surface area contributed by atoms with Gasteiger partial charge in [-0.1, -0.05) is 243 Å². The van der Waals surface area contributed by atoms with Gasteiger partial charge in [0.2, 0.25) is 0 Å². The summed E-state index contributed by atoms with van der Waals surface area (Å²) in [7, 11) is 0. The van der Waals surface area contributed by atoms with E-state index in [0.29, 0.717) is 19.3 Å². The maximum Gasteiger partial charge on any atom is 0.306 e. The third-order valence-electron chi connectivity index (χ3n) is 12.6. The molecular formula is C59H108O6. The van der Waals surface area contributed by atoms with Gasteiger partial charge in [-0.2, -0.15) is 0 Å². The summed E-state index contributed by atoms with van der Waals surface area (Å²) in [6.07, 6.45) is 64.6. The predicted molar refractivity (Wildman–Crippen MR) is 279 cm³/mol. The summed E-state index contributed by atoms with van der Waals surface area (Å²) in [6, 6.07) is 0. The van der Waals surface area contributed by atoms with Crippen LogP contribution in [-0.2, 0) is 28.6 Å². The van der Waals surface area contributed by atoms with Gasteiger partial charge in [-0.05, 0) is 77.0 Å². The van der Waals surface area contributed by atoms with Crippen LogP contribution in [0, 0.1) is 0 Å². The number of allylic oxidation sites excluding steroid dienone is 6. The second kappa shape index (κ2) is 54.2. The fourth-order valence-electron chi connectivity index (χ4n) is 8.29. The first kappa shape index (κ1) is 62.6. The maximum absolute atomic E-state index is 12.8. The predicted octanol–water partition coefficient (Wildman–Crippen LogP) is 18.9. The number of hydrogen-bond donors (Lipinski definition) is 0. The summed E-state index contributed by atoms with van der Waals surface area (Å²) in [5, 5.41) is 0. The SMILES string of the molecule is CCCCCCC/C=C\C/C=C\CCCCCCCCCCCCCC(=O)OCC(COC(=O)CCCCCCC)OC(=O)CCCCCCCCCCC/C=C\CCCCCCCC. The van der Waals surface area contributed by atoms with Crippen LogP contribution in [0.15, 0.2) is 36.5 Å². The Morgan fingerprint density at radius 3 is 0.862 bits per heavy atom. The fraction of sp³-hybridized carbons (Fsp3) is 0.847. The van der Waals surface area contributed by atoms with Crippen molar-refractivity contribution in [2.45, 2.75) is 309 Å². The zero-order valence-electron chi connectivity index (χ0n) is 43.5. The molecule has 0 aromatic rings. The number of carbonyl (C=O) groups excluding carboxylic acids is 3. The van der Waals surface area contributed by atoms with Crippen LogP contribution >= 0.6 is 0 Å². The number of carbonyl (C=O) groups is 3. The molecule has 0 aromatic heterocycles. The van der Waals surface area contributed by atoms with Crippen molar-refractivity contribution in [3.05, 3.63) is 36.5 Å². The van der Waals surface area contributed by atoms with Gasteiger partial charge >= 0.3 is 17.9 Å². The van der Waals surface area contributed by atoms with Crippen LogP contribution in [0.5, 0.6) is 0 Å². The quantitative estimate of drug-likeness (QED) is 0.0262. The minimum Gasteiger partial charge on any atom is -0.462 e. The number of ether oxygens (including phenoxy) is 3. The van der Waals surface area contributed by atoms with Crippen molar-refractivity contribution in [1.29, 1.82) is 0 Å². The van der Waals surface area contributed by atoms with Gasteiger partial charge in [-0.25, -0.2) is 0 Å². The second-order valence-electron chi connectivity index (χ2n) is 19.2. The van der Waals surface area contributed by atoms with Crippen molar-refractivity contribution in [1.82, 2.24) is 0 Å². The first-order valence-corrected chi connectivity index (χ1v) is 28.5. The molecule has 0 fully saturated rings. The highest BCUT2D eigenvalue weighted by Gasteiger charge is 2.19. The Kier molecular flexibility index (Phi) is 52.3. The molecule has 1 atom stereocenters. The highest BCUT2D eigenvalue weighted by molar-refractivity contribution is 5.71. The molecule has 0 aliphatic heterocycles. The highest BCUT2D eigenvalue weighted by Crippen LogP contribution is 2.16. The lowest BCUT2D eigenvalue weighted by atomic mass is 10.0. The fourth-order valence-corrected chi connectivity index (χ4v) is 8.29. The summed E-state index contributed by atoms with van der Waals surface area (Å²) in [4.78, 5) is 37.8. The molecule has 380 valence electrons. The third-order valence-corrected chi connectivity index (χ3v) is 12.6. The minimum atomic E-state index is -0.768. The zero-order chi connectivity index (χ0) is 47.2. The summed E-state index contributed by atoms with van der Waals surface area (Å²) in [5.41, 5.74) is 0. The van der Waals surface area contributed by atoms with Gasteiger partial charge in [-0.15, -0.1) is 0 Å². The number of rotatable bonds is 52. The summed E-state index contributed by atoms with van der Waals surface area (Å²) in [5.74, 6) is -0.877. The van der Waals surface area contributed by atoms with Crippen molar-refractivity contribution < 1.29 is 28.6 Å². The molecule has 0 N–H and O–H groups in total. The molecule has 0 amide bonds. The molecule has 0 aliphatic carbocycles. The lowest BCUT2D eigenvalue weighted by Crippen LogP contribution is -2.30. The molecule has 0 radical (unpaired) electrons. The Morgan fingerprint density at radius 1 is 0.308 bits per heavy atom. The lowest BCUT2D eigenvalue weighted by Gasteiger charge is -2.18. The molecule has 0 rings (SSSR count). The van der Waals surface area contributed by atoms with Gasteiger partial charge < -0.3 is 14.2 Å². The van der Waals surface area contributed by atoms with Crippen LogP contribution in [0.1, 0.15) is 303 Å². The van der Waals surface area contributed by atoms with Crippen molar-refractivity contribution in [3.8, 4) is 0 Å². The van der Waals surface area contributed by atoms with Crippen molar-refractivity contribution >= 4 is 17.9 Å². The van der Waals surface area contributed by atoms with Gasteiger partial charge in [0.15, 0.2) is 6.10 Å². The first-order valence-electron chi connectivity index (χ1n) is 28.5. The van der Waals surface area contributed by atoms with E-state index in [-0.39, 0.29) is 31.1 Å². The van der Waals surface area contributed by atoms with E-state index in [1.165, 1.54) is 193 Å². The lowest BCUT2D eigenvalue weighted by molar-refractivity contribution is -0.167. The monoisotopic (exact) mass is 913 g/mol. The molecule has 0 bridgehead atoms. The molecule has 0 aliphatic rings. The zero-order valence-corrected chi connectivity index (χ0v) is 43.5. The van der Waals surface area contributed by atoms with Gasteiger partial charge in [0.1, 0.15) is 13.2 Å². The Balaban J connectivity index is 4.08. The average Bonchev–Trinajstić information content (AvgIpc) is 3.30. The summed E-state index contributed by atoms with van der Waals surface area (Å²) >= 11 is 0. The molecule has 1 unspecified atom stereocenters. The van der Waals surface area contributed by atoms with E-state index in [1.807, 2.05) is 0 Å². The summed E-state index contributed by atoms with van der Waals surface area (Å²) in [6.45, 7) is 6.57. The highest BCUT2D eigenvalue weighted by atomic mass is 16.6. The van der Waals surface area contributed by atoms with Gasteiger partial charge in [-0.3, -0.25) is 14.4 Å². The topological polar surface area (TPSA) is 78.9 Å². The van der Waals surface area contributed by atoms with Crippen LogP contribution in [0.3, 0.4) is 0 Å². The molecule has 0 aromatic carbocycles. The Bertz CT molecular complexity index is 1090. The Labute approximate surface area is 404 Å². The standard InChI is InChI=1S/C59H108O6/c1-4-7-10-13-15-17-19-21-23-25-27-28-29-30-32-33-35-37-39-41-43-46-49-52-58(61)64-55-56(54-63-57(60)51-48-45-12-9-6-3)65-59(62)53-50-47-44-42-40-38-36-34-31-26-24-22-20-18-16-14-11-8-5-2/h19,21-22,24-25,27,56H,4-18,20,23,26,28-55H2,1-3H3/b21-19-,24-22-,27-25-. The first-order chi connectivity index (χ1) is 32.0. The van der Waals surface area contributed by atoms with Gasteiger partial charge in [0.05, 0.1) is 0 Å². The van der Waals surface area contributed by atoms with Gasteiger partial charge in [0, 0.05) is 19.3 Å². The average molecular weight is 914 g/mol. The number of esters is 3. The Morgan fingerprint density at radius 2 is 0.554 bits per heavy atom. The third kappa shape index (κ3) is 52.5. The molecular weight excluding hydrogens is 805 g/mol. The smallest absolute Gasteiger partial charge is 0.306 e. The van der Waals surface area contributed by atoms with Crippen LogP contribution in [0.25, 0.3) is 0 Å². The van der Waals surface area contributed by atoms with Crippen LogP contribution in [0.2, 0.25) is 0 Å². The largest absolute Gasteiger partial charge is 0.462 e. The minimum absolute atomic E-state index is 0.0719. The normalized spacial score (nSPS) is 12.2. The van der Waals surface area contributed by atoms with Crippen molar-refractivity contribution in [2.24, 2.45) is 0 Å². The molecule has 0 heterocycles. The van der Waals surface area contributed by atoms with E-state index >= 15 is 0 Å². The van der Waals surface area contributed by atoms with E-state index in [4.69, 9.17) is 14.2 Å². The number of hydrogen-bond acceptors (Lipinski definition) is 6. The van der Waals surface area contributed by atoms with E-state index in [2.05, 4.69) is 57.2 Å². The van der Waals surface area contributed by atoms with Gasteiger partial charge in [0.25, 0.3) is 0 Å². The summed E-state index contributed by atoms with van der Waals surface area (Å²) < 4.78 is 16.7. The van der Waals surface area contributed by atoms with E-state index in [0.717, 1.165) is 70.6 Å². The Hall–Kier alpha value is -2.37. The van der Waals surface area contributed by atoms with Crippen molar-refractivity contribution in [3.63, 3.8) is 0 Å².